The summed E-state index contributed by atoms with van der Waals surface area (Å²) in [7, 11) is 0. The van der Waals surface area contributed by atoms with Gasteiger partial charge in [-0.3, -0.25) is 4.79 Å². The first-order valence-electron chi connectivity index (χ1n) is 6.73. The van der Waals surface area contributed by atoms with Gasteiger partial charge in [-0.15, -0.1) is 0 Å². The van der Waals surface area contributed by atoms with Crippen molar-refractivity contribution < 1.29 is 4.79 Å². The van der Waals surface area contributed by atoms with E-state index in [0.29, 0.717) is 13.0 Å². The van der Waals surface area contributed by atoms with Gasteiger partial charge in [-0.05, 0) is 48.2 Å². The largest absolute Gasteiger partial charge is 0.326 e. The average molecular weight is 268 g/mol. The minimum Gasteiger partial charge on any atom is -0.326 e. The highest BCUT2D eigenvalue weighted by Gasteiger charge is 2.05. The normalized spacial score (nSPS) is 10.3. The van der Waals surface area contributed by atoms with Gasteiger partial charge in [-0.25, -0.2) is 0 Å². The molecule has 3 nitrogen and oxygen atoms in total. The molecule has 0 unspecified atom stereocenters. The van der Waals surface area contributed by atoms with Gasteiger partial charge in [0.1, 0.15) is 0 Å². The molecule has 0 fully saturated rings. The van der Waals surface area contributed by atoms with E-state index in [4.69, 9.17) is 5.73 Å². The number of anilines is 1. The Kier molecular flexibility index (Phi) is 4.53. The summed E-state index contributed by atoms with van der Waals surface area (Å²) >= 11 is 0. The Labute approximate surface area is 119 Å². The van der Waals surface area contributed by atoms with Crippen molar-refractivity contribution >= 4 is 11.6 Å². The Bertz CT molecular complexity index is 603. The molecule has 0 saturated carbocycles. The van der Waals surface area contributed by atoms with Gasteiger partial charge in [0.15, 0.2) is 0 Å². The Morgan fingerprint density at radius 1 is 1.00 bits per heavy atom. The maximum absolute atomic E-state index is 12.0. The van der Waals surface area contributed by atoms with Crippen molar-refractivity contribution in [3.05, 3.63) is 64.7 Å². The van der Waals surface area contributed by atoms with Crippen LogP contribution in [0.2, 0.25) is 0 Å². The van der Waals surface area contributed by atoms with E-state index in [2.05, 4.69) is 12.2 Å². The number of carbonyl (C=O) groups is 1. The molecule has 2 aromatic carbocycles. The Morgan fingerprint density at radius 3 is 2.25 bits per heavy atom. The summed E-state index contributed by atoms with van der Waals surface area (Å²) < 4.78 is 0. The summed E-state index contributed by atoms with van der Waals surface area (Å²) in [4.78, 5) is 12.0. The first-order valence-corrected chi connectivity index (χ1v) is 6.73. The highest BCUT2D eigenvalue weighted by atomic mass is 16.1. The van der Waals surface area contributed by atoms with Gasteiger partial charge >= 0.3 is 0 Å². The predicted octanol–water partition coefficient (Wildman–Crippen LogP) is 2.94. The topological polar surface area (TPSA) is 55.1 Å². The smallest absolute Gasteiger partial charge is 0.228 e. The molecule has 0 aliphatic heterocycles. The number of nitrogens with one attached hydrogen (secondary N) is 1. The molecule has 3 N–H and O–H groups in total. The summed E-state index contributed by atoms with van der Waals surface area (Å²) in [5.74, 6) is -0.00579. The van der Waals surface area contributed by atoms with Crippen LogP contribution in [0.15, 0.2) is 42.5 Å². The summed E-state index contributed by atoms with van der Waals surface area (Å²) in [6, 6.07) is 13.7. The second-order valence-corrected chi connectivity index (χ2v) is 5.04. The molecular formula is C17H20N2O. The number of carbonyl (C=O) groups excluding carboxylic acids is 1. The van der Waals surface area contributed by atoms with Crippen LogP contribution in [0, 0.1) is 13.8 Å². The molecule has 0 aliphatic rings. The van der Waals surface area contributed by atoms with Crippen molar-refractivity contribution in [1.82, 2.24) is 0 Å². The number of hydrogen-bond acceptors (Lipinski definition) is 2. The summed E-state index contributed by atoms with van der Waals surface area (Å²) in [5, 5.41) is 2.92. The minimum absolute atomic E-state index is 0.00579. The third-order valence-corrected chi connectivity index (χ3v) is 3.41. The van der Waals surface area contributed by atoms with Gasteiger partial charge in [-0.2, -0.15) is 0 Å². The summed E-state index contributed by atoms with van der Waals surface area (Å²) in [5.41, 5.74) is 10.9. The maximum Gasteiger partial charge on any atom is 0.228 e. The van der Waals surface area contributed by atoms with Crippen molar-refractivity contribution in [1.29, 1.82) is 0 Å². The first kappa shape index (κ1) is 14.3. The third-order valence-electron chi connectivity index (χ3n) is 3.41. The molecular weight excluding hydrogens is 248 g/mol. The van der Waals surface area contributed by atoms with Gasteiger partial charge < -0.3 is 11.1 Å². The van der Waals surface area contributed by atoms with E-state index in [1.807, 2.05) is 49.4 Å². The molecule has 0 spiro atoms. The molecule has 0 bridgehead atoms. The van der Waals surface area contributed by atoms with Crippen LogP contribution in [0.4, 0.5) is 5.69 Å². The fourth-order valence-electron chi connectivity index (χ4n) is 2.00. The second-order valence-electron chi connectivity index (χ2n) is 5.04. The summed E-state index contributed by atoms with van der Waals surface area (Å²) in [6.07, 6.45) is 0.373. The lowest BCUT2D eigenvalue weighted by Crippen LogP contribution is -2.14. The minimum atomic E-state index is -0.00579. The third kappa shape index (κ3) is 3.68. The van der Waals surface area contributed by atoms with Gasteiger partial charge in [0, 0.05) is 12.2 Å². The van der Waals surface area contributed by atoms with E-state index in [-0.39, 0.29) is 5.91 Å². The molecule has 0 heterocycles. The van der Waals surface area contributed by atoms with Crippen LogP contribution in [0.5, 0.6) is 0 Å². The fraction of sp³-hybridized carbons (Fsp3) is 0.235. The van der Waals surface area contributed by atoms with E-state index in [0.717, 1.165) is 16.8 Å². The van der Waals surface area contributed by atoms with Crippen LogP contribution < -0.4 is 11.1 Å². The van der Waals surface area contributed by atoms with Crippen LogP contribution in [0.25, 0.3) is 0 Å². The Hall–Kier alpha value is -2.13. The molecule has 0 aliphatic carbocycles. The van der Waals surface area contributed by atoms with E-state index in [1.54, 1.807) is 0 Å². The number of hydrogen-bond donors (Lipinski definition) is 2. The highest BCUT2D eigenvalue weighted by molar-refractivity contribution is 5.92. The Morgan fingerprint density at radius 2 is 1.65 bits per heavy atom. The number of benzene rings is 2. The van der Waals surface area contributed by atoms with Crippen LogP contribution in [-0.4, -0.2) is 5.91 Å². The Balaban J connectivity index is 1.99. The van der Waals surface area contributed by atoms with Gasteiger partial charge in [0.2, 0.25) is 5.91 Å². The van der Waals surface area contributed by atoms with Crippen molar-refractivity contribution in [2.24, 2.45) is 5.73 Å². The molecule has 1 amide bonds. The quantitative estimate of drug-likeness (QED) is 0.895. The van der Waals surface area contributed by atoms with Crippen LogP contribution in [0.1, 0.15) is 22.3 Å². The van der Waals surface area contributed by atoms with Gasteiger partial charge in [0.25, 0.3) is 0 Å². The molecule has 0 atom stereocenters. The van der Waals surface area contributed by atoms with Crippen molar-refractivity contribution in [3.63, 3.8) is 0 Å². The fourth-order valence-corrected chi connectivity index (χ4v) is 2.00. The standard InChI is InChI=1S/C17H20N2O/c1-12-3-8-16(9-13(12)2)19-17(20)10-14-4-6-15(11-18)7-5-14/h3-9H,10-11,18H2,1-2H3,(H,19,20). The molecule has 2 aromatic rings. The lowest BCUT2D eigenvalue weighted by molar-refractivity contribution is -0.115. The SMILES string of the molecule is Cc1ccc(NC(=O)Cc2ccc(CN)cc2)cc1C. The molecule has 0 saturated heterocycles. The zero-order chi connectivity index (χ0) is 14.5. The van der Waals surface area contributed by atoms with Crippen molar-refractivity contribution in [2.45, 2.75) is 26.8 Å². The number of aryl methyl sites for hydroxylation is 2. The molecule has 104 valence electrons. The van der Waals surface area contributed by atoms with Crippen LogP contribution in [0.3, 0.4) is 0 Å². The molecule has 0 radical (unpaired) electrons. The van der Waals surface area contributed by atoms with Crippen LogP contribution in [-0.2, 0) is 17.8 Å². The molecule has 2 rings (SSSR count). The number of amides is 1. The van der Waals surface area contributed by atoms with Crippen molar-refractivity contribution in [2.75, 3.05) is 5.32 Å². The zero-order valence-electron chi connectivity index (χ0n) is 11.9. The predicted molar refractivity (Wildman–Crippen MR) is 82.6 cm³/mol. The van der Waals surface area contributed by atoms with E-state index in [9.17, 15) is 4.79 Å². The zero-order valence-corrected chi connectivity index (χ0v) is 11.9. The van der Waals surface area contributed by atoms with E-state index < -0.39 is 0 Å². The lowest BCUT2D eigenvalue weighted by Gasteiger charge is -2.08. The number of nitrogens with two attached hydrogens (primary N) is 1. The number of rotatable bonds is 4. The summed E-state index contributed by atoms with van der Waals surface area (Å²) in [6.45, 7) is 4.62. The average Bonchev–Trinajstić information content (AvgIpc) is 2.44. The van der Waals surface area contributed by atoms with Gasteiger partial charge in [-0.1, -0.05) is 30.3 Å². The molecule has 3 heteroatoms. The second kappa shape index (κ2) is 6.35. The van der Waals surface area contributed by atoms with Crippen molar-refractivity contribution in [3.8, 4) is 0 Å². The monoisotopic (exact) mass is 268 g/mol. The maximum atomic E-state index is 12.0. The lowest BCUT2D eigenvalue weighted by atomic mass is 10.1. The van der Waals surface area contributed by atoms with Crippen LogP contribution >= 0.6 is 0 Å². The van der Waals surface area contributed by atoms with Gasteiger partial charge in [0.05, 0.1) is 6.42 Å². The molecule has 0 aromatic heterocycles. The molecule has 20 heavy (non-hydrogen) atoms. The highest BCUT2D eigenvalue weighted by Crippen LogP contribution is 2.14. The van der Waals surface area contributed by atoms with E-state index in [1.165, 1.54) is 11.1 Å². The van der Waals surface area contributed by atoms with E-state index >= 15 is 0 Å². The first-order chi connectivity index (χ1) is 9.58.